The van der Waals surface area contributed by atoms with Gasteiger partial charge in [0, 0.05) is 13.1 Å². The average Bonchev–Trinajstić information content (AvgIpc) is 3.43. The Kier molecular flexibility index (Phi) is 12.1. The van der Waals surface area contributed by atoms with E-state index >= 15 is 0 Å². The van der Waals surface area contributed by atoms with Gasteiger partial charge >= 0.3 is 35.5 Å². The molecule has 0 saturated carbocycles. The van der Waals surface area contributed by atoms with E-state index in [4.69, 9.17) is 48.1 Å². The van der Waals surface area contributed by atoms with Gasteiger partial charge in [0.15, 0.2) is 22.9 Å². The summed E-state index contributed by atoms with van der Waals surface area (Å²) in [7, 11) is -17.1. The lowest BCUT2D eigenvalue weighted by molar-refractivity contribution is -0.139. The van der Waals surface area contributed by atoms with Crippen molar-refractivity contribution in [1.82, 2.24) is 30.2 Å². The van der Waals surface area contributed by atoms with E-state index < -0.39 is 85.0 Å². The van der Waals surface area contributed by atoms with Crippen LogP contribution in [0, 0.1) is 4.64 Å². The Morgan fingerprint density at radius 1 is 1.13 bits per heavy atom. The lowest BCUT2D eigenvalue weighted by atomic mass is 10.1. The van der Waals surface area contributed by atoms with Gasteiger partial charge in [0.1, 0.15) is 23.4 Å². The number of nitrogen functional groups attached to an aromatic ring is 1. The molecular formula is C17H27N8O17P3S. The number of nitrogens with one attached hydrogen (secondary N) is 3. The third kappa shape index (κ3) is 10.5. The molecule has 13 N–H and O–H groups in total. The zero-order chi connectivity index (χ0) is 34.6. The summed E-state index contributed by atoms with van der Waals surface area (Å²) in [5, 5.41) is 24.2. The maximum absolute atomic E-state index is 12.6. The zero-order valence-electron chi connectivity index (χ0n) is 22.7. The van der Waals surface area contributed by atoms with Crippen molar-refractivity contribution in [2.45, 2.75) is 37.0 Å². The minimum Gasteiger partial charge on any atom is -0.481 e. The number of carbonyl (C=O) groups is 3. The van der Waals surface area contributed by atoms with Crippen molar-refractivity contribution in [3.05, 3.63) is 11.0 Å². The number of imidazole rings is 1. The highest BCUT2D eigenvalue weighted by molar-refractivity contribution is 7.71. The number of alkyl carbamates (subject to hydrolysis) is 1. The van der Waals surface area contributed by atoms with Crippen molar-refractivity contribution >= 4 is 70.8 Å². The number of phosphoric ester groups is 1. The number of phosphoric acid groups is 3. The molecule has 0 aliphatic carbocycles. The van der Waals surface area contributed by atoms with E-state index in [-0.39, 0.29) is 34.8 Å². The molecule has 2 aromatic rings. The van der Waals surface area contributed by atoms with Gasteiger partial charge in [-0.3, -0.25) is 18.7 Å². The fourth-order valence-electron chi connectivity index (χ4n) is 3.75. The van der Waals surface area contributed by atoms with Gasteiger partial charge in [-0.1, -0.05) is 12.2 Å². The number of aromatic amines is 1. The molecule has 1 aliphatic rings. The SMILES string of the molecule is Nc1nc(=S)c2ncn([C@@H]3O[C@H](COP(=O)(O)OP(=O)(O)OP(=O)(O)O)[C@@H](O)[C@H]3OC(=O)NCCNC(=O)C(N)CC(=O)O)c2[nH]1. The van der Waals surface area contributed by atoms with E-state index in [0.717, 1.165) is 6.33 Å². The van der Waals surface area contributed by atoms with Crippen LogP contribution in [0.3, 0.4) is 0 Å². The molecule has 0 radical (unpaired) electrons. The molecular weight excluding hydrogens is 713 g/mol. The van der Waals surface area contributed by atoms with E-state index in [9.17, 15) is 43.0 Å². The number of carboxylic acid groups (broad SMARTS) is 1. The summed E-state index contributed by atoms with van der Waals surface area (Å²) in [6, 6.07) is -1.35. The minimum atomic E-state index is -5.85. The molecule has 25 nitrogen and oxygen atoms in total. The normalized spacial score (nSPS) is 23.3. The van der Waals surface area contributed by atoms with Crippen molar-refractivity contribution in [3.8, 4) is 0 Å². The first-order chi connectivity index (χ1) is 21.2. The van der Waals surface area contributed by atoms with Crippen molar-refractivity contribution in [3.63, 3.8) is 0 Å². The monoisotopic (exact) mass is 740 g/mol. The van der Waals surface area contributed by atoms with E-state index in [1.54, 1.807) is 0 Å². The van der Waals surface area contributed by atoms with Crippen LogP contribution in [-0.2, 0) is 45.9 Å². The van der Waals surface area contributed by atoms with Gasteiger partial charge in [-0.05, 0) is 0 Å². The second kappa shape index (κ2) is 14.9. The van der Waals surface area contributed by atoms with Crippen molar-refractivity contribution in [2.24, 2.45) is 5.73 Å². The molecule has 1 fully saturated rings. The number of aliphatic hydroxyl groups is 1. The van der Waals surface area contributed by atoms with E-state index in [2.05, 4.69) is 38.7 Å². The number of carbonyl (C=O) groups excluding carboxylic acids is 2. The fourth-order valence-corrected chi connectivity index (χ4v) is 7.03. The van der Waals surface area contributed by atoms with Gasteiger partial charge in [-0.15, -0.1) is 0 Å². The first-order valence-electron chi connectivity index (χ1n) is 12.2. The van der Waals surface area contributed by atoms with Crippen LogP contribution in [0.4, 0.5) is 10.7 Å². The van der Waals surface area contributed by atoms with Gasteiger partial charge in [-0.2, -0.15) is 8.62 Å². The third-order valence-electron chi connectivity index (χ3n) is 5.54. The van der Waals surface area contributed by atoms with E-state index in [1.807, 2.05) is 0 Å². The van der Waals surface area contributed by atoms with Crippen LogP contribution in [0.1, 0.15) is 12.6 Å². The molecule has 0 bridgehead atoms. The number of fused-ring (bicyclic) bond motifs is 1. The number of hydrogen-bond donors (Lipinski definition) is 11. The Morgan fingerprint density at radius 2 is 1.78 bits per heavy atom. The Balaban J connectivity index is 1.74. The fraction of sp³-hybridized carbons (Fsp3) is 0.529. The van der Waals surface area contributed by atoms with Crippen molar-refractivity contribution < 1.29 is 80.5 Å². The molecule has 29 heteroatoms. The number of aliphatic carboxylic acids is 1. The van der Waals surface area contributed by atoms with Crippen LogP contribution in [0.15, 0.2) is 6.33 Å². The summed E-state index contributed by atoms with van der Waals surface area (Å²) < 4.78 is 58.5. The smallest absolute Gasteiger partial charge is 0.481 e. The van der Waals surface area contributed by atoms with Crippen molar-refractivity contribution in [2.75, 3.05) is 25.4 Å². The van der Waals surface area contributed by atoms with Crippen LogP contribution in [0.5, 0.6) is 0 Å². The number of amides is 2. The second-order valence-electron chi connectivity index (χ2n) is 9.01. The van der Waals surface area contributed by atoms with Gasteiger partial charge in [0.05, 0.1) is 25.4 Å². The van der Waals surface area contributed by atoms with Gasteiger partial charge in [-0.25, -0.2) is 28.5 Å². The van der Waals surface area contributed by atoms with E-state index in [0.29, 0.717) is 0 Å². The maximum Gasteiger partial charge on any atom is 0.490 e. The highest BCUT2D eigenvalue weighted by Crippen LogP contribution is 2.66. The van der Waals surface area contributed by atoms with Gasteiger partial charge < -0.3 is 66.3 Å². The molecule has 7 atom stereocenters. The average molecular weight is 740 g/mol. The molecule has 0 aromatic carbocycles. The number of nitrogens with two attached hydrogens (primary N) is 2. The third-order valence-corrected chi connectivity index (χ3v) is 9.62. The highest BCUT2D eigenvalue weighted by atomic mass is 32.1. The lowest BCUT2D eigenvalue weighted by Gasteiger charge is -2.22. The molecule has 2 aromatic heterocycles. The van der Waals surface area contributed by atoms with Gasteiger partial charge in [0.2, 0.25) is 5.91 Å². The number of carboxylic acids is 1. The van der Waals surface area contributed by atoms with Crippen LogP contribution >= 0.6 is 35.7 Å². The molecule has 2 amide bonds. The Bertz CT molecular complexity index is 1670. The summed E-state index contributed by atoms with van der Waals surface area (Å²) in [5.74, 6) is -2.28. The Morgan fingerprint density at radius 3 is 2.41 bits per heavy atom. The maximum atomic E-state index is 12.6. The quantitative estimate of drug-likeness (QED) is 0.0519. The Hall–Kier alpha value is -2.93. The standard InChI is InChI=1S/C17H27N8O17P3S/c18-6(3-8(26)27)13(29)20-1-2-21-17(30)40-11-10(28)7(4-38-44(34,35)42-45(36,37)41-43(31,32)33)39-15(11)25-5-22-9-12(25)23-16(19)24-14(9)46/h5-7,10-11,15,28H,1-4,18H2,(H,20,29)(H,21,30)(H,26,27)(H,34,35)(H,36,37)(H2,31,32,33)(H3,19,23,24,46)/t6?,7-,10-,11-,15-/m1/s1. The predicted molar refractivity (Wildman–Crippen MR) is 148 cm³/mol. The summed E-state index contributed by atoms with van der Waals surface area (Å²) in [6.45, 7) is -1.60. The van der Waals surface area contributed by atoms with E-state index in [1.165, 1.54) is 4.57 Å². The molecule has 3 unspecified atom stereocenters. The predicted octanol–water partition coefficient (Wildman–Crippen LogP) is -2.31. The first kappa shape index (κ1) is 37.5. The molecule has 3 heterocycles. The Labute approximate surface area is 260 Å². The van der Waals surface area contributed by atoms with Gasteiger partial charge in [0.25, 0.3) is 0 Å². The summed E-state index contributed by atoms with van der Waals surface area (Å²) in [4.78, 5) is 82.1. The van der Waals surface area contributed by atoms with Crippen LogP contribution in [0.25, 0.3) is 11.2 Å². The summed E-state index contributed by atoms with van der Waals surface area (Å²) >= 11 is 5.11. The molecule has 258 valence electrons. The number of aromatic nitrogens is 4. The largest absolute Gasteiger partial charge is 0.490 e. The second-order valence-corrected chi connectivity index (χ2v) is 13.8. The molecule has 46 heavy (non-hydrogen) atoms. The molecule has 1 aliphatic heterocycles. The summed E-state index contributed by atoms with van der Waals surface area (Å²) in [5.41, 5.74) is 11.3. The number of rotatable bonds is 15. The number of ether oxygens (including phenoxy) is 2. The first-order valence-corrected chi connectivity index (χ1v) is 17.1. The lowest BCUT2D eigenvalue weighted by Crippen LogP contribution is -2.45. The van der Waals surface area contributed by atoms with Crippen molar-refractivity contribution in [1.29, 1.82) is 0 Å². The van der Waals surface area contributed by atoms with Crippen LogP contribution < -0.4 is 22.1 Å². The number of H-pyrrole nitrogens is 1. The molecule has 1 saturated heterocycles. The van der Waals surface area contributed by atoms with Crippen LogP contribution in [-0.4, -0.2) is 111 Å². The summed E-state index contributed by atoms with van der Waals surface area (Å²) in [6.07, 6.45) is -7.40. The number of hydrogen-bond acceptors (Lipinski definition) is 17. The molecule has 0 spiro atoms. The number of aliphatic hydroxyl groups excluding tert-OH is 1. The zero-order valence-corrected chi connectivity index (χ0v) is 26.2. The van der Waals surface area contributed by atoms with Crippen LogP contribution in [0.2, 0.25) is 0 Å². The topological polar surface area (TPSA) is 393 Å². The minimum absolute atomic E-state index is 0.0481. The number of nitrogens with zero attached hydrogens (tertiary/aromatic N) is 3. The molecule has 3 rings (SSSR count). The highest BCUT2D eigenvalue weighted by Gasteiger charge is 2.49. The number of anilines is 1.